The molecule has 0 fully saturated rings. The summed E-state index contributed by atoms with van der Waals surface area (Å²) in [6, 6.07) is 14.7. The van der Waals surface area contributed by atoms with Crippen LogP contribution in [0.5, 0.6) is 11.5 Å². The Bertz CT molecular complexity index is 1080. The topological polar surface area (TPSA) is 127 Å². The Labute approximate surface area is 211 Å². The van der Waals surface area contributed by atoms with Crippen LogP contribution in [0.15, 0.2) is 48.5 Å². The molecule has 0 bridgehead atoms. The largest absolute Gasteiger partial charge is 0.482 e. The highest BCUT2D eigenvalue weighted by atomic mass is 16.6. The van der Waals surface area contributed by atoms with Crippen LogP contribution in [0.4, 0.5) is 4.79 Å². The predicted octanol–water partition coefficient (Wildman–Crippen LogP) is 4.10. The third kappa shape index (κ3) is 7.83. The Morgan fingerprint density at radius 3 is 2.53 bits per heavy atom. The van der Waals surface area contributed by atoms with E-state index in [0.717, 1.165) is 17.5 Å². The van der Waals surface area contributed by atoms with Gasteiger partial charge in [0.15, 0.2) is 6.10 Å². The average molecular weight is 496 g/mol. The van der Waals surface area contributed by atoms with Gasteiger partial charge >= 0.3 is 6.09 Å². The fraction of sp³-hybridized carbons (Fsp3) is 0.407. The van der Waals surface area contributed by atoms with Crippen molar-refractivity contribution < 1.29 is 28.6 Å². The lowest BCUT2D eigenvalue weighted by Gasteiger charge is -2.23. The first-order chi connectivity index (χ1) is 17.2. The summed E-state index contributed by atoms with van der Waals surface area (Å²) in [5.74, 6) is 0.815. The van der Waals surface area contributed by atoms with E-state index in [1.807, 2.05) is 36.4 Å². The highest BCUT2D eigenvalue weighted by Crippen LogP contribution is 2.40. The second kappa shape index (κ2) is 12.2. The van der Waals surface area contributed by atoms with Crippen molar-refractivity contribution in [1.82, 2.24) is 10.6 Å². The summed E-state index contributed by atoms with van der Waals surface area (Å²) in [7, 11) is 0. The lowest BCUT2D eigenvalue weighted by atomic mass is 9.91. The number of hydrogen-bond acceptors (Lipinski definition) is 7. The average Bonchev–Trinajstić information content (AvgIpc) is 3.18. The number of alkyl carbamates (subject to hydrolysis) is 1. The molecule has 1 aliphatic rings. The van der Waals surface area contributed by atoms with Gasteiger partial charge in [0.1, 0.15) is 22.9 Å². The molecule has 1 heterocycles. The third-order valence-corrected chi connectivity index (χ3v) is 5.61. The summed E-state index contributed by atoms with van der Waals surface area (Å²) < 4.78 is 16.0. The standard InChI is InChI=1S/C27H33N3O6/c1-27(2,3)36-26(33)30-25(28)24-21(20-8-4-5-9-22(20)35-24)15-16-29-23(32)10-6-7-18-11-13-19(14-12-18)34-17-31/h4-5,8-9,11-14,17,21,24H,6-7,10,15-16H2,1-3H3,(H,29,32)(H2,28,30,33). The molecule has 9 nitrogen and oxygen atoms in total. The zero-order chi connectivity index (χ0) is 26.1. The molecule has 2 amide bonds. The Hall–Kier alpha value is -3.88. The number of ether oxygens (including phenoxy) is 3. The van der Waals surface area contributed by atoms with Gasteiger partial charge in [-0.05, 0) is 63.8 Å². The van der Waals surface area contributed by atoms with Gasteiger partial charge in [0, 0.05) is 24.4 Å². The Balaban J connectivity index is 1.48. The number of amides is 2. The first-order valence-corrected chi connectivity index (χ1v) is 12.0. The van der Waals surface area contributed by atoms with E-state index < -0.39 is 17.8 Å². The number of para-hydroxylation sites is 1. The monoisotopic (exact) mass is 495 g/mol. The quantitative estimate of drug-likeness (QED) is 0.259. The van der Waals surface area contributed by atoms with Crippen molar-refractivity contribution in [3.63, 3.8) is 0 Å². The van der Waals surface area contributed by atoms with E-state index in [0.29, 0.717) is 43.8 Å². The van der Waals surface area contributed by atoms with Crippen molar-refractivity contribution in [2.24, 2.45) is 0 Å². The summed E-state index contributed by atoms with van der Waals surface area (Å²) in [5, 5.41) is 13.8. The molecule has 36 heavy (non-hydrogen) atoms. The van der Waals surface area contributed by atoms with Gasteiger partial charge in [0.25, 0.3) is 6.47 Å². The highest BCUT2D eigenvalue weighted by Gasteiger charge is 2.37. The molecule has 0 saturated heterocycles. The zero-order valence-electron chi connectivity index (χ0n) is 20.8. The molecular formula is C27H33N3O6. The second-order valence-corrected chi connectivity index (χ2v) is 9.57. The van der Waals surface area contributed by atoms with Crippen molar-refractivity contribution in [3.05, 3.63) is 59.7 Å². The molecule has 2 atom stereocenters. The molecular weight excluding hydrogens is 462 g/mol. The molecule has 2 aromatic rings. The molecule has 0 aromatic heterocycles. The molecule has 1 aliphatic heterocycles. The Kier molecular flexibility index (Phi) is 9.05. The summed E-state index contributed by atoms with van der Waals surface area (Å²) in [4.78, 5) is 34.9. The summed E-state index contributed by atoms with van der Waals surface area (Å²) in [6.45, 7) is 6.06. The summed E-state index contributed by atoms with van der Waals surface area (Å²) >= 11 is 0. The van der Waals surface area contributed by atoms with Crippen molar-refractivity contribution in [3.8, 4) is 11.5 Å². The van der Waals surface area contributed by atoms with Crippen molar-refractivity contribution >= 4 is 24.3 Å². The first-order valence-electron chi connectivity index (χ1n) is 12.0. The van der Waals surface area contributed by atoms with Crippen molar-refractivity contribution in [2.45, 2.75) is 64.1 Å². The van der Waals surface area contributed by atoms with Crippen LogP contribution in [-0.2, 0) is 20.7 Å². The van der Waals surface area contributed by atoms with E-state index in [9.17, 15) is 14.4 Å². The molecule has 2 aromatic carbocycles. The van der Waals surface area contributed by atoms with Crippen LogP contribution in [0, 0.1) is 5.41 Å². The first kappa shape index (κ1) is 26.7. The maximum absolute atomic E-state index is 12.4. The number of carbonyl (C=O) groups is 3. The van der Waals surface area contributed by atoms with Gasteiger partial charge in [-0.15, -0.1) is 0 Å². The van der Waals surface area contributed by atoms with Gasteiger partial charge in [0.2, 0.25) is 5.91 Å². The van der Waals surface area contributed by atoms with Gasteiger partial charge in [-0.25, -0.2) is 4.79 Å². The minimum absolute atomic E-state index is 0.0541. The summed E-state index contributed by atoms with van der Waals surface area (Å²) in [6.07, 6.45) is 0.951. The SMILES string of the molecule is CC(C)(C)OC(=O)NC(=N)C1Oc2ccccc2C1CCNC(=O)CCCc1ccc(OC=O)cc1. The van der Waals surface area contributed by atoms with Gasteiger partial charge < -0.3 is 19.5 Å². The number of hydrogen-bond donors (Lipinski definition) is 3. The van der Waals surface area contributed by atoms with Crippen LogP contribution >= 0.6 is 0 Å². The van der Waals surface area contributed by atoms with Gasteiger partial charge in [-0.3, -0.25) is 20.3 Å². The molecule has 0 spiro atoms. The molecule has 3 N–H and O–H groups in total. The van der Waals surface area contributed by atoms with Crippen LogP contribution in [0.2, 0.25) is 0 Å². The number of carbonyl (C=O) groups excluding carboxylic acids is 3. The zero-order valence-corrected chi connectivity index (χ0v) is 20.8. The van der Waals surface area contributed by atoms with Crippen LogP contribution in [-0.4, -0.2) is 42.6 Å². The normalized spacial score (nSPS) is 16.3. The molecule has 0 radical (unpaired) electrons. The maximum Gasteiger partial charge on any atom is 0.413 e. The molecule has 2 unspecified atom stereocenters. The molecule has 0 saturated carbocycles. The van der Waals surface area contributed by atoms with E-state index in [1.54, 1.807) is 32.9 Å². The number of amidine groups is 1. The number of aryl methyl sites for hydroxylation is 1. The molecule has 0 aliphatic carbocycles. The van der Waals surface area contributed by atoms with Crippen LogP contribution < -0.4 is 20.1 Å². The van der Waals surface area contributed by atoms with Crippen LogP contribution in [0.25, 0.3) is 0 Å². The smallest absolute Gasteiger partial charge is 0.413 e. The van der Waals surface area contributed by atoms with E-state index >= 15 is 0 Å². The van der Waals surface area contributed by atoms with Crippen LogP contribution in [0.3, 0.4) is 0 Å². The number of benzene rings is 2. The third-order valence-electron chi connectivity index (χ3n) is 5.61. The fourth-order valence-electron chi connectivity index (χ4n) is 4.03. The van der Waals surface area contributed by atoms with E-state index in [-0.39, 0.29) is 17.7 Å². The van der Waals surface area contributed by atoms with E-state index in [2.05, 4.69) is 10.6 Å². The number of nitrogens with one attached hydrogen (secondary N) is 3. The Morgan fingerprint density at radius 2 is 1.83 bits per heavy atom. The van der Waals surface area contributed by atoms with Gasteiger partial charge in [-0.2, -0.15) is 0 Å². The van der Waals surface area contributed by atoms with E-state index in [1.165, 1.54) is 0 Å². The van der Waals surface area contributed by atoms with Crippen LogP contribution in [0.1, 0.15) is 57.1 Å². The molecule has 192 valence electrons. The van der Waals surface area contributed by atoms with Gasteiger partial charge in [-0.1, -0.05) is 30.3 Å². The highest BCUT2D eigenvalue weighted by molar-refractivity contribution is 5.97. The summed E-state index contributed by atoms with van der Waals surface area (Å²) in [5.41, 5.74) is 1.32. The second-order valence-electron chi connectivity index (χ2n) is 9.57. The number of rotatable bonds is 10. The van der Waals surface area contributed by atoms with E-state index in [4.69, 9.17) is 19.6 Å². The predicted molar refractivity (Wildman–Crippen MR) is 134 cm³/mol. The van der Waals surface area contributed by atoms with Crippen molar-refractivity contribution in [2.75, 3.05) is 6.54 Å². The lowest BCUT2D eigenvalue weighted by Crippen LogP contribution is -2.44. The minimum Gasteiger partial charge on any atom is -0.482 e. The minimum atomic E-state index is -0.704. The Morgan fingerprint density at radius 1 is 1.11 bits per heavy atom. The lowest BCUT2D eigenvalue weighted by molar-refractivity contribution is -0.121. The fourth-order valence-corrected chi connectivity index (χ4v) is 4.03. The van der Waals surface area contributed by atoms with Crippen molar-refractivity contribution in [1.29, 1.82) is 5.41 Å². The maximum atomic E-state index is 12.4. The van der Waals surface area contributed by atoms with Gasteiger partial charge in [0.05, 0.1) is 0 Å². The number of fused-ring (bicyclic) bond motifs is 1. The molecule has 3 rings (SSSR count). The molecule has 9 heteroatoms.